The Morgan fingerprint density at radius 2 is 2.15 bits per heavy atom. The van der Waals surface area contributed by atoms with Gasteiger partial charge < -0.3 is 4.90 Å². The second-order valence-electron chi connectivity index (χ2n) is 3.94. The van der Waals surface area contributed by atoms with Crippen molar-refractivity contribution in [1.29, 1.82) is 0 Å². The van der Waals surface area contributed by atoms with Crippen molar-refractivity contribution in [2.75, 3.05) is 11.4 Å². The molecule has 72 valence electrons. The zero-order valence-electron chi connectivity index (χ0n) is 8.23. The lowest BCUT2D eigenvalue weighted by molar-refractivity contribution is 0.440. The van der Waals surface area contributed by atoms with Crippen LogP contribution in [0.25, 0.3) is 0 Å². The van der Waals surface area contributed by atoms with Crippen LogP contribution in [0.2, 0.25) is 0 Å². The summed E-state index contributed by atoms with van der Waals surface area (Å²) in [6, 6.07) is 0.507. The highest BCUT2D eigenvalue weighted by molar-refractivity contribution is 5.31. The van der Waals surface area contributed by atoms with Crippen molar-refractivity contribution in [2.45, 2.75) is 26.8 Å². The molecule has 1 saturated heterocycles. The molecule has 0 radical (unpaired) electrons. The Hall–Kier alpha value is -1.13. The smallest absolute Gasteiger partial charge is 0.266 e. The molecule has 13 heavy (non-hydrogen) atoms. The van der Waals surface area contributed by atoms with E-state index in [9.17, 15) is 0 Å². The molecule has 0 spiro atoms. The van der Waals surface area contributed by atoms with Crippen molar-refractivity contribution in [2.24, 2.45) is 11.8 Å². The summed E-state index contributed by atoms with van der Waals surface area (Å²) in [4.78, 5) is 2.21. The van der Waals surface area contributed by atoms with E-state index in [1.165, 1.54) is 0 Å². The van der Waals surface area contributed by atoms with Crippen molar-refractivity contribution in [3.63, 3.8) is 0 Å². The Morgan fingerprint density at radius 3 is 2.62 bits per heavy atom. The number of H-pyrrole nitrogens is 1. The maximum atomic E-state index is 4.00. The quantitative estimate of drug-likeness (QED) is 0.692. The third-order valence-electron chi connectivity index (χ3n) is 3.23. The molecular formula is C8H15N5. The van der Waals surface area contributed by atoms with Gasteiger partial charge in [-0.3, -0.25) is 0 Å². The van der Waals surface area contributed by atoms with Gasteiger partial charge >= 0.3 is 0 Å². The summed E-state index contributed by atoms with van der Waals surface area (Å²) in [5, 5.41) is 14.1. The highest BCUT2D eigenvalue weighted by Gasteiger charge is 2.35. The van der Waals surface area contributed by atoms with E-state index in [0.717, 1.165) is 12.5 Å². The van der Waals surface area contributed by atoms with Crippen LogP contribution in [0.1, 0.15) is 20.8 Å². The third kappa shape index (κ3) is 1.28. The number of nitrogens with zero attached hydrogens (tertiary/aromatic N) is 4. The molecule has 0 bridgehead atoms. The van der Waals surface area contributed by atoms with E-state index < -0.39 is 0 Å². The van der Waals surface area contributed by atoms with E-state index in [-0.39, 0.29) is 0 Å². The molecule has 1 aliphatic rings. The van der Waals surface area contributed by atoms with Crippen molar-refractivity contribution < 1.29 is 0 Å². The summed E-state index contributed by atoms with van der Waals surface area (Å²) < 4.78 is 0. The van der Waals surface area contributed by atoms with Crippen LogP contribution in [-0.2, 0) is 0 Å². The topological polar surface area (TPSA) is 57.7 Å². The van der Waals surface area contributed by atoms with Gasteiger partial charge in [0.1, 0.15) is 0 Å². The van der Waals surface area contributed by atoms with Crippen LogP contribution < -0.4 is 4.90 Å². The van der Waals surface area contributed by atoms with E-state index in [1.807, 2.05) is 0 Å². The predicted molar refractivity (Wildman–Crippen MR) is 49.3 cm³/mol. The van der Waals surface area contributed by atoms with Gasteiger partial charge in [-0.2, -0.15) is 5.21 Å². The van der Waals surface area contributed by atoms with Crippen molar-refractivity contribution >= 4 is 5.95 Å². The van der Waals surface area contributed by atoms with Gasteiger partial charge in [-0.05, 0) is 24.0 Å². The molecule has 5 nitrogen and oxygen atoms in total. The number of hydrogen-bond donors (Lipinski definition) is 1. The molecule has 0 saturated carbocycles. The lowest BCUT2D eigenvalue weighted by Crippen LogP contribution is -2.29. The molecular weight excluding hydrogens is 166 g/mol. The van der Waals surface area contributed by atoms with Crippen LogP contribution in [0.5, 0.6) is 0 Å². The summed E-state index contributed by atoms with van der Waals surface area (Å²) >= 11 is 0. The predicted octanol–water partition coefficient (Wildman–Crippen LogP) is 0.680. The average Bonchev–Trinajstić information content (AvgIpc) is 2.70. The van der Waals surface area contributed by atoms with E-state index in [4.69, 9.17) is 0 Å². The molecule has 1 aromatic rings. The summed E-state index contributed by atoms with van der Waals surface area (Å²) in [5.41, 5.74) is 0. The Labute approximate surface area is 77.5 Å². The number of aromatic nitrogens is 4. The number of nitrogens with one attached hydrogen (secondary N) is 1. The summed E-state index contributed by atoms with van der Waals surface area (Å²) in [5.74, 6) is 2.12. The van der Waals surface area contributed by atoms with Gasteiger partial charge in [0.05, 0.1) is 0 Å². The molecule has 0 amide bonds. The average molecular weight is 181 g/mol. The zero-order valence-corrected chi connectivity index (χ0v) is 8.23. The number of rotatable bonds is 1. The molecule has 2 rings (SSSR count). The first-order valence-electron chi connectivity index (χ1n) is 4.70. The van der Waals surface area contributed by atoms with Gasteiger partial charge in [0.15, 0.2) is 0 Å². The van der Waals surface area contributed by atoms with Crippen LogP contribution in [-0.4, -0.2) is 33.2 Å². The van der Waals surface area contributed by atoms with Gasteiger partial charge in [-0.15, -0.1) is 5.10 Å². The number of anilines is 1. The minimum atomic E-state index is 0.507. The molecule has 1 fully saturated rings. The van der Waals surface area contributed by atoms with E-state index >= 15 is 0 Å². The lowest BCUT2D eigenvalue weighted by atomic mass is 9.95. The largest absolute Gasteiger partial charge is 0.335 e. The molecule has 2 heterocycles. The fourth-order valence-electron chi connectivity index (χ4n) is 1.94. The number of hydrogen-bond acceptors (Lipinski definition) is 4. The highest BCUT2D eigenvalue weighted by atomic mass is 15.5. The second-order valence-corrected chi connectivity index (χ2v) is 3.94. The fourth-order valence-corrected chi connectivity index (χ4v) is 1.94. The maximum absolute atomic E-state index is 4.00. The molecule has 5 heteroatoms. The first-order valence-corrected chi connectivity index (χ1v) is 4.70. The third-order valence-corrected chi connectivity index (χ3v) is 3.23. The molecule has 3 unspecified atom stereocenters. The van der Waals surface area contributed by atoms with Crippen LogP contribution in [0.15, 0.2) is 0 Å². The standard InChI is InChI=1S/C8H15N5/c1-5-4-13(7(3)6(5)2)8-9-11-12-10-8/h5-7H,4H2,1-3H3,(H,9,10,11,12). The first kappa shape index (κ1) is 8.47. The minimum absolute atomic E-state index is 0.507. The maximum Gasteiger partial charge on any atom is 0.266 e. The first-order chi connectivity index (χ1) is 6.20. The van der Waals surface area contributed by atoms with Crippen molar-refractivity contribution in [1.82, 2.24) is 20.6 Å². The molecule has 0 aromatic carbocycles. The van der Waals surface area contributed by atoms with Crippen molar-refractivity contribution in [3.05, 3.63) is 0 Å². The Bertz CT molecular complexity index is 270. The summed E-state index contributed by atoms with van der Waals surface area (Å²) in [6.45, 7) is 7.78. The van der Waals surface area contributed by atoms with E-state index in [0.29, 0.717) is 17.9 Å². The number of aromatic amines is 1. The molecule has 1 aliphatic heterocycles. The van der Waals surface area contributed by atoms with Crippen LogP contribution >= 0.6 is 0 Å². The van der Waals surface area contributed by atoms with Crippen molar-refractivity contribution in [3.8, 4) is 0 Å². The second kappa shape index (κ2) is 2.97. The highest BCUT2D eigenvalue weighted by Crippen LogP contribution is 2.30. The Morgan fingerprint density at radius 1 is 1.38 bits per heavy atom. The summed E-state index contributed by atoms with van der Waals surface area (Å²) in [7, 11) is 0. The van der Waals surface area contributed by atoms with Gasteiger partial charge in [0, 0.05) is 12.6 Å². The van der Waals surface area contributed by atoms with Gasteiger partial charge in [-0.1, -0.05) is 18.9 Å². The van der Waals surface area contributed by atoms with Crippen LogP contribution in [0, 0.1) is 11.8 Å². The Kier molecular flexibility index (Phi) is 1.94. The lowest BCUT2D eigenvalue weighted by Gasteiger charge is -2.20. The van der Waals surface area contributed by atoms with E-state index in [2.05, 4.69) is 46.3 Å². The zero-order chi connectivity index (χ0) is 9.42. The van der Waals surface area contributed by atoms with Crippen LogP contribution in [0.4, 0.5) is 5.95 Å². The molecule has 1 N–H and O–H groups in total. The molecule has 1 aromatic heterocycles. The monoisotopic (exact) mass is 181 g/mol. The minimum Gasteiger partial charge on any atom is -0.335 e. The van der Waals surface area contributed by atoms with E-state index in [1.54, 1.807) is 0 Å². The Balaban J connectivity index is 2.19. The number of tetrazole rings is 1. The summed E-state index contributed by atoms with van der Waals surface area (Å²) in [6.07, 6.45) is 0. The fraction of sp³-hybridized carbons (Fsp3) is 0.875. The SMILES string of the molecule is CC1CN(c2nn[nH]n2)C(C)C1C. The molecule has 0 aliphatic carbocycles. The van der Waals surface area contributed by atoms with Gasteiger partial charge in [0.2, 0.25) is 0 Å². The van der Waals surface area contributed by atoms with Gasteiger partial charge in [0.25, 0.3) is 5.95 Å². The normalized spacial score (nSPS) is 34.1. The van der Waals surface area contributed by atoms with Crippen LogP contribution in [0.3, 0.4) is 0 Å². The molecule has 3 atom stereocenters. The van der Waals surface area contributed by atoms with Gasteiger partial charge in [-0.25, -0.2) is 0 Å².